The first-order valence-electron chi connectivity index (χ1n) is 9.53. The van der Waals surface area contributed by atoms with Gasteiger partial charge in [-0.1, -0.05) is 24.3 Å². The number of phenols is 3. The number of aromatic hydroxyl groups is 3. The van der Waals surface area contributed by atoms with Gasteiger partial charge in [0, 0.05) is 17.5 Å². The number of fused-ring (bicyclic) bond motifs is 3. The third-order valence-electron chi connectivity index (χ3n) is 5.44. The molecule has 154 valence electrons. The van der Waals surface area contributed by atoms with E-state index in [1.807, 2.05) is 0 Å². The van der Waals surface area contributed by atoms with Crippen LogP contribution in [-0.2, 0) is 4.79 Å². The zero-order chi connectivity index (χ0) is 21.7. The molecule has 0 aliphatic carbocycles. The maximum Gasteiger partial charge on any atom is 0.312 e. The number of rotatable bonds is 2. The molecule has 1 aromatic heterocycles. The minimum atomic E-state index is -0.484. The summed E-state index contributed by atoms with van der Waals surface area (Å²) in [5.74, 6) is -1.05. The van der Waals surface area contributed by atoms with Gasteiger partial charge in [0.1, 0.15) is 40.2 Å². The number of ether oxygens (including phenoxy) is 1. The summed E-state index contributed by atoms with van der Waals surface area (Å²) in [5, 5.41) is 29.7. The molecule has 1 aliphatic rings. The van der Waals surface area contributed by atoms with Crippen LogP contribution in [0, 0.1) is 0 Å². The Morgan fingerprint density at radius 3 is 2.19 bits per heavy atom. The number of hydrogen-bond donors (Lipinski definition) is 3. The molecule has 1 atom stereocenters. The van der Waals surface area contributed by atoms with E-state index < -0.39 is 17.3 Å². The topological polar surface area (TPSA) is 117 Å². The largest absolute Gasteiger partial charge is 0.508 e. The van der Waals surface area contributed by atoms with Crippen molar-refractivity contribution in [3.8, 4) is 34.1 Å². The molecule has 0 saturated carbocycles. The molecule has 4 aromatic rings. The van der Waals surface area contributed by atoms with Crippen LogP contribution in [0.2, 0.25) is 0 Å². The zero-order valence-corrected chi connectivity index (χ0v) is 16.0. The van der Waals surface area contributed by atoms with Crippen molar-refractivity contribution in [3.63, 3.8) is 0 Å². The minimum absolute atomic E-state index is 0.0150. The average Bonchev–Trinajstić information content (AvgIpc) is 2.74. The number of esters is 1. The van der Waals surface area contributed by atoms with Crippen LogP contribution >= 0.6 is 0 Å². The number of phenolic OH excluding ortho intramolecular Hbond substituents is 3. The van der Waals surface area contributed by atoms with Crippen LogP contribution < -0.4 is 10.2 Å². The number of hydrogen-bond acceptors (Lipinski definition) is 7. The van der Waals surface area contributed by atoms with Crippen LogP contribution in [-0.4, -0.2) is 21.3 Å². The molecule has 31 heavy (non-hydrogen) atoms. The van der Waals surface area contributed by atoms with Gasteiger partial charge in [-0.25, -0.2) is 0 Å². The number of carbonyl (C=O) groups is 1. The van der Waals surface area contributed by atoms with Gasteiger partial charge >= 0.3 is 5.97 Å². The van der Waals surface area contributed by atoms with Crippen LogP contribution in [0.5, 0.6) is 23.0 Å². The molecular weight excluding hydrogens is 400 g/mol. The van der Waals surface area contributed by atoms with Crippen molar-refractivity contribution in [2.45, 2.75) is 12.3 Å². The predicted octanol–water partition coefficient (Wildman–Crippen LogP) is 4.02. The van der Waals surface area contributed by atoms with Gasteiger partial charge in [0.05, 0.1) is 12.0 Å². The molecule has 5 rings (SSSR count). The van der Waals surface area contributed by atoms with Crippen molar-refractivity contribution < 1.29 is 29.3 Å². The second kappa shape index (κ2) is 6.91. The van der Waals surface area contributed by atoms with E-state index >= 15 is 0 Å². The van der Waals surface area contributed by atoms with Gasteiger partial charge in [-0.15, -0.1) is 0 Å². The van der Waals surface area contributed by atoms with Crippen LogP contribution in [0.1, 0.15) is 23.5 Å². The Morgan fingerprint density at radius 2 is 1.52 bits per heavy atom. The van der Waals surface area contributed by atoms with Gasteiger partial charge in [-0.05, 0) is 35.4 Å². The molecule has 1 unspecified atom stereocenters. The molecule has 7 heteroatoms. The Hall–Kier alpha value is -4.26. The molecule has 0 fully saturated rings. The maximum atomic E-state index is 13.2. The van der Waals surface area contributed by atoms with E-state index in [1.165, 1.54) is 36.6 Å². The second-order valence-corrected chi connectivity index (χ2v) is 7.36. The summed E-state index contributed by atoms with van der Waals surface area (Å²) in [6.45, 7) is 0. The highest BCUT2D eigenvalue weighted by molar-refractivity contribution is 5.94. The van der Waals surface area contributed by atoms with Gasteiger partial charge in [-0.2, -0.15) is 0 Å². The molecule has 0 amide bonds. The Labute approximate surface area is 175 Å². The number of benzene rings is 3. The SMILES string of the molecule is O=C1CC(c2ccc(O)cc2)c2c(cc(O)c3c(=O)c(-c4ccc(O)cc4)coc23)O1. The molecule has 7 nitrogen and oxygen atoms in total. The summed E-state index contributed by atoms with van der Waals surface area (Å²) >= 11 is 0. The first-order chi connectivity index (χ1) is 14.9. The zero-order valence-electron chi connectivity index (χ0n) is 16.0. The highest BCUT2D eigenvalue weighted by atomic mass is 16.5. The lowest BCUT2D eigenvalue weighted by Gasteiger charge is -2.26. The fourth-order valence-corrected chi connectivity index (χ4v) is 3.96. The van der Waals surface area contributed by atoms with Crippen molar-refractivity contribution in [1.29, 1.82) is 0 Å². The lowest BCUT2D eigenvalue weighted by molar-refractivity contribution is -0.135. The molecule has 0 spiro atoms. The average molecular weight is 416 g/mol. The predicted molar refractivity (Wildman–Crippen MR) is 111 cm³/mol. The summed E-state index contributed by atoms with van der Waals surface area (Å²) in [4.78, 5) is 25.4. The molecule has 3 N–H and O–H groups in total. The Kier molecular flexibility index (Phi) is 4.18. The second-order valence-electron chi connectivity index (χ2n) is 7.36. The van der Waals surface area contributed by atoms with Gasteiger partial charge in [-0.3, -0.25) is 9.59 Å². The van der Waals surface area contributed by atoms with Gasteiger partial charge < -0.3 is 24.5 Å². The monoisotopic (exact) mass is 416 g/mol. The maximum absolute atomic E-state index is 13.2. The summed E-state index contributed by atoms with van der Waals surface area (Å²) in [6.07, 6.45) is 1.31. The molecular formula is C24H16O7. The van der Waals surface area contributed by atoms with Crippen LogP contribution in [0.4, 0.5) is 0 Å². The first-order valence-corrected chi connectivity index (χ1v) is 9.53. The highest BCUT2D eigenvalue weighted by Crippen LogP contribution is 2.45. The molecule has 3 aromatic carbocycles. The van der Waals surface area contributed by atoms with E-state index in [4.69, 9.17) is 9.15 Å². The van der Waals surface area contributed by atoms with E-state index in [9.17, 15) is 24.9 Å². The van der Waals surface area contributed by atoms with Crippen molar-refractivity contribution in [3.05, 3.63) is 82.2 Å². The van der Waals surface area contributed by atoms with Crippen LogP contribution in [0.15, 0.2) is 70.1 Å². The Bertz CT molecular complexity index is 1380. The van der Waals surface area contributed by atoms with Gasteiger partial charge in [0.2, 0.25) is 5.43 Å². The third kappa shape index (κ3) is 3.07. The first kappa shape index (κ1) is 18.7. The quantitative estimate of drug-likeness (QED) is 0.334. The highest BCUT2D eigenvalue weighted by Gasteiger charge is 2.33. The summed E-state index contributed by atoms with van der Waals surface area (Å²) in [6, 6.07) is 13.7. The fraction of sp³-hybridized carbons (Fsp3) is 0.0833. The van der Waals surface area contributed by atoms with Crippen LogP contribution in [0.25, 0.3) is 22.1 Å². The normalized spacial score (nSPS) is 15.5. The lowest BCUT2D eigenvalue weighted by Crippen LogP contribution is -2.22. The minimum Gasteiger partial charge on any atom is -0.508 e. The van der Waals surface area contributed by atoms with Gasteiger partial charge in [0.15, 0.2) is 0 Å². The van der Waals surface area contributed by atoms with Crippen molar-refractivity contribution in [1.82, 2.24) is 0 Å². The Morgan fingerprint density at radius 1 is 0.871 bits per heavy atom. The van der Waals surface area contributed by atoms with Crippen molar-refractivity contribution in [2.75, 3.05) is 0 Å². The van der Waals surface area contributed by atoms with E-state index in [-0.39, 0.29) is 46.0 Å². The van der Waals surface area contributed by atoms with E-state index in [0.29, 0.717) is 11.1 Å². The van der Waals surface area contributed by atoms with Gasteiger partial charge in [0.25, 0.3) is 0 Å². The van der Waals surface area contributed by atoms with E-state index in [0.717, 1.165) is 5.56 Å². The van der Waals surface area contributed by atoms with Crippen molar-refractivity contribution in [2.24, 2.45) is 0 Å². The Balaban J connectivity index is 1.77. The molecule has 0 saturated heterocycles. The molecule has 1 aliphatic heterocycles. The summed E-state index contributed by atoms with van der Waals surface area (Å²) in [7, 11) is 0. The molecule has 0 radical (unpaired) electrons. The molecule has 0 bridgehead atoms. The van der Waals surface area contributed by atoms with E-state index in [1.54, 1.807) is 24.3 Å². The number of carbonyl (C=O) groups excluding carboxylic acids is 1. The standard InChI is InChI=1S/C24H16O7/c25-14-5-1-12(2-6-14)16-9-20(28)31-19-10-18(27)22-23(29)17(11-30-24(22)21(16)19)13-3-7-15(26)8-4-13/h1-8,10-11,16,25-27H,9H2. The van der Waals surface area contributed by atoms with E-state index in [2.05, 4.69) is 0 Å². The smallest absolute Gasteiger partial charge is 0.312 e. The molecule has 2 heterocycles. The van der Waals surface area contributed by atoms with Crippen molar-refractivity contribution >= 4 is 16.9 Å². The fourth-order valence-electron chi connectivity index (χ4n) is 3.96. The summed E-state index contributed by atoms with van der Waals surface area (Å²) < 4.78 is 11.2. The third-order valence-corrected chi connectivity index (χ3v) is 5.44. The van der Waals surface area contributed by atoms with Crippen LogP contribution in [0.3, 0.4) is 0 Å². The summed E-state index contributed by atoms with van der Waals surface area (Å²) in [5.41, 5.74) is 1.63. The lowest BCUT2D eigenvalue weighted by atomic mass is 9.85.